The lowest BCUT2D eigenvalue weighted by molar-refractivity contribution is -0.143. The molecule has 0 saturated carbocycles. The van der Waals surface area contributed by atoms with Crippen LogP contribution >= 0.6 is 0 Å². The van der Waals surface area contributed by atoms with Crippen molar-refractivity contribution in [3.8, 4) is 5.75 Å². The zero-order valence-corrected chi connectivity index (χ0v) is 22.5. The Hall–Kier alpha value is -3.75. The van der Waals surface area contributed by atoms with E-state index in [4.69, 9.17) is 22.3 Å². The number of amides is 3. The molecule has 0 aliphatic rings. The van der Waals surface area contributed by atoms with Gasteiger partial charge in [0.15, 0.2) is 0 Å². The van der Waals surface area contributed by atoms with E-state index in [9.17, 15) is 34.2 Å². The lowest BCUT2D eigenvalue weighted by Crippen LogP contribution is -2.57. The molecule has 4 atom stereocenters. The summed E-state index contributed by atoms with van der Waals surface area (Å²) in [6.07, 6.45) is 1.86. The molecule has 0 aromatic heterocycles. The van der Waals surface area contributed by atoms with Crippen molar-refractivity contribution < 1.29 is 39.3 Å². The Morgan fingerprint density at radius 3 is 1.77 bits per heavy atom. The first kappa shape index (κ1) is 34.3. The maximum absolute atomic E-state index is 13.3. The van der Waals surface area contributed by atoms with Crippen LogP contribution in [0.3, 0.4) is 0 Å². The van der Waals surface area contributed by atoms with Gasteiger partial charge < -0.3 is 48.5 Å². The largest absolute Gasteiger partial charge is 0.508 e. The van der Waals surface area contributed by atoms with Gasteiger partial charge in [0.2, 0.25) is 17.7 Å². The van der Waals surface area contributed by atoms with E-state index in [-0.39, 0.29) is 25.0 Å². The van der Waals surface area contributed by atoms with Crippen molar-refractivity contribution in [2.24, 2.45) is 17.2 Å². The number of phenolic OH excluding ortho intramolecular Hbond substituents is 1. The SMILES string of the molecule is NCCCCC(N)C(=O)NC(Cc1ccc(O)cc1)C(=O)NC(CCC(=O)O)C(=O)NC(CCCCN)C(=O)O. The summed E-state index contributed by atoms with van der Waals surface area (Å²) in [6.45, 7) is 0.790. The maximum Gasteiger partial charge on any atom is 0.326 e. The minimum absolute atomic E-state index is 0.000524. The quantitative estimate of drug-likeness (QED) is 0.0857. The van der Waals surface area contributed by atoms with Crippen LogP contribution in [-0.2, 0) is 30.4 Å². The van der Waals surface area contributed by atoms with Gasteiger partial charge in [-0.05, 0) is 69.3 Å². The van der Waals surface area contributed by atoms with Gasteiger partial charge in [-0.1, -0.05) is 18.6 Å². The number of nitrogens with one attached hydrogen (secondary N) is 3. The zero-order chi connectivity index (χ0) is 30.1. The highest BCUT2D eigenvalue weighted by molar-refractivity contribution is 5.94. The van der Waals surface area contributed by atoms with E-state index in [1.54, 1.807) is 12.1 Å². The Kier molecular flexibility index (Phi) is 15.9. The van der Waals surface area contributed by atoms with Gasteiger partial charge >= 0.3 is 11.9 Å². The number of nitrogens with two attached hydrogens (primary N) is 3. The molecular formula is C26H42N6O8. The third-order valence-electron chi connectivity index (χ3n) is 6.16. The number of hydrogen-bond acceptors (Lipinski definition) is 9. The van der Waals surface area contributed by atoms with Crippen molar-refractivity contribution in [1.82, 2.24) is 16.0 Å². The molecule has 14 nitrogen and oxygen atoms in total. The molecule has 12 N–H and O–H groups in total. The highest BCUT2D eigenvalue weighted by Gasteiger charge is 2.30. The zero-order valence-electron chi connectivity index (χ0n) is 22.5. The fraction of sp³-hybridized carbons (Fsp3) is 0.577. The second-order valence-electron chi connectivity index (χ2n) is 9.50. The summed E-state index contributed by atoms with van der Waals surface area (Å²) >= 11 is 0. The van der Waals surface area contributed by atoms with E-state index < -0.39 is 60.2 Å². The smallest absolute Gasteiger partial charge is 0.326 e. The molecule has 0 radical (unpaired) electrons. The number of aliphatic carboxylic acids is 2. The van der Waals surface area contributed by atoms with Crippen molar-refractivity contribution in [2.75, 3.05) is 13.1 Å². The molecule has 4 unspecified atom stereocenters. The van der Waals surface area contributed by atoms with E-state index in [2.05, 4.69) is 16.0 Å². The monoisotopic (exact) mass is 566 g/mol. The van der Waals surface area contributed by atoms with Gasteiger partial charge in [-0.2, -0.15) is 0 Å². The first-order valence-electron chi connectivity index (χ1n) is 13.3. The molecule has 0 heterocycles. The van der Waals surface area contributed by atoms with Gasteiger partial charge in [-0.15, -0.1) is 0 Å². The Balaban J connectivity index is 3.11. The number of rotatable bonds is 20. The van der Waals surface area contributed by atoms with Crippen LogP contribution in [0.5, 0.6) is 5.75 Å². The third kappa shape index (κ3) is 13.4. The first-order valence-corrected chi connectivity index (χ1v) is 13.3. The van der Waals surface area contributed by atoms with E-state index in [0.29, 0.717) is 50.8 Å². The summed E-state index contributed by atoms with van der Waals surface area (Å²) in [4.78, 5) is 61.9. The minimum Gasteiger partial charge on any atom is -0.508 e. The minimum atomic E-state index is -1.39. The summed E-state index contributed by atoms with van der Waals surface area (Å²) in [5.41, 5.74) is 17.5. The molecule has 0 bridgehead atoms. The van der Waals surface area contributed by atoms with Gasteiger partial charge in [0.1, 0.15) is 23.9 Å². The number of phenols is 1. The van der Waals surface area contributed by atoms with Crippen molar-refractivity contribution in [1.29, 1.82) is 0 Å². The molecule has 1 aromatic rings. The first-order chi connectivity index (χ1) is 19.0. The summed E-state index contributed by atoms with van der Waals surface area (Å²) in [5.74, 6) is -4.77. The molecular weight excluding hydrogens is 524 g/mol. The fourth-order valence-corrected chi connectivity index (χ4v) is 3.83. The van der Waals surface area contributed by atoms with Gasteiger partial charge in [-0.3, -0.25) is 19.2 Å². The normalized spacial score (nSPS) is 13.9. The van der Waals surface area contributed by atoms with E-state index >= 15 is 0 Å². The number of unbranched alkanes of at least 4 members (excludes halogenated alkanes) is 2. The number of hydrogen-bond donors (Lipinski definition) is 9. The van der Waals surface area contributed by atoms with Crippen LogP contribution in [0.2, 0.25) is 0 Å². The second-order valence-corrected chi connectivity index (χ2v) is 9.50. The third-order valence-corrected chi connectivity index (χ3v) is 6.16. The molecule has 1 aromatic carbocycles. The summed E-state index contributed by atoms with van der Waals surface area (Å²) in [7, 11) is 0. The number of carboxylic acids is 2. The molecule has 3 amide bonds. The highest BCUT2D eigenvalue weighted by atomic mass is 16.4. The molecule has 0 aliphatic heterocycles. The van der Waals surface area contributed by atoms with Gasteiger partial charge in [0.25, 0.3) is 0 Å². The van der Waals surface area contributed by atoms with Crippen LogP contribution in [0, 0.1) is 0 Å². The van der Waals surface area contributed by atoms with Gasteiger partial charge in [0, 0.05) is 12.8 Å². The number of aromatic hydroxyl groups is 1. The number of carboxylic acid groups (broad SMARTS) is 2. The van der Waals surface area contributed by atoms with Crippen molar-refractivity contribution >= 4 is 29.7 Å². The predicted octanol–water partition coefficient (Wildman–Crippen LogP) is -1.08. The van der Waals surface area contributed by atoms with Crippen LogP contribution in [0.25, 0.3) is 0 Å². The second kappa shape index (κ2) is 18.5. The Morgan fingerprint density at radius 2 is 1.23 bits per heavy atom. The summed E-state index contributed by atoms with van der Waals surface area (Å²) in [5, 5.41) is 35.6. The molecule has 224 valence electrons. The van der Waals surface area contributed by atoms with E-state index in [1.807, 2.05) is 0 Å². The molecule has 40 heavy (non-hydrogen) atoms. The van der Waals surface area contributed by atoms with Crippen LogP contribution in [0.1, 0.15) is 56.9 Å². The van der Waals surface area contributed by atoms with Crippen LogP contribution in [0.4, 0.5) is 0 Å². The Bertz CT molecular complexity index is 974. The van der Waals surface area contributed by atoms with Gasteiger partial charge in [0.05, 0.1) is 6.04 Å². The molecule has 1 rings (SSSR count). The fourth-order valence-electron chi connectivity index (χ4n) is 3.83. The van der Waals surface area contributed by atoms with Gasteiger partial charge in [-0.25, -0.2) is 4.79 Å². The van der Waals surface area contributed by atoms with Crippen molar-refractivity contribution in [3.05, 3.63) is 29.8 Å². The van der Waals surface area contributed by atoms with Crippen LogP contribution in [0.15, 0.2) is 24.3 Å². The molecule has 0 aliphatic carbocycles. The molecule has 0 fully saturated rings. The lowest BCUT2D eigenvalue weighted by Gasteiger charge is -2.25. The molecule has 0 saturated heterocycles. The number of carbonyl (C=O) groups is 5. The summed E-state index contributed by atoms with van der Waals surface area (Å²) < 4.78 is 0. The van der Waals surface area contributed by atoms with E-state index in [0.717, 1.165) is 0 Å². The number of benzene rings is 1. The Labute approximate surface area is 233 Å². The number of carbonyl (C=O) groups excluding carboxylic acids is 3. The topological polar surface area (TPSA) is 260 Å². The molecule has 14 heteroatoms. The van der Waals surface area contributed by atoms with Crippen molar-refractivity contribution in [2.45, 2.75) is 82.0 Å². The van der Waals surface area contributed by atoms with E-state index in [1.165, 1.54) is 12.1 Å². The van der Waals surface area contributed by atoms with Crippen LogP contribution in [-0.4, -0.2) is 82.2 Å². The van der Waals surface area contributed by atoms with Crippen molar-refractivity contribution in [3.63, 3.8) is 0 Å². The standard InChI is InChI=1S/C26H42N6O8/c27-13-3-1-5-18(29)23(36)32-21(15-16-7-9-17(33)10-8-16)25(38)30-19(11-12-22(34)35)24(37)31-20(26(39)40)6-2-4-14-28/h7-10,18-21,33H,1-6,11-15,27-29H2,(H,30,38)(H,31,37)(H,32,36)(H,34,35)(H,39,40). The summed E-state index contributed by atoms with van der Waals surface area (Å²) in [6, 6.07) is 1.14. The highest BCUT2D eigenvalue weighted by Crippen LogP contribution is 2.12. The maximum atomic E-state index is 13.3. The average Bonchev–Trinajstić information content (AvgIpc) is 2.90. The Morgan fingerprint density at radius 1 is 0.700 bits per heavy atom. The molecule has 0 spiro atoms. The van der Waals surface area contributed by atoms with Crippen LogP contribution < -0.4 is 33.2 Å². The lowest BCUT2D eigenvalue weighted by atomic mass is 10.0. The predicted molar refractivity (Wildman–Crippen MR) is 146 cm³/mol. The average molecular weight is 567 g/mol.